The summed E-state index contributed by atoms with van der Waals surface area (Å²) in [7, 11) is 0. The van der Waals surface area contributed by atoms with Crippen molar-refractivity contribution in [2.45, 2.75) is 19.3 Å². The first-order valence-electron chi connectivity index (χ1n) is 5.74. The van der Waals surface area contributed by atoms with Gasteiger partial charge in [0.15, 0.2) is 5.76 Å². The van der Waals surface area contributed by atoms with Crippen LogP contribution in [0.1, 0.15) is 23.8 Å². The summed E-state index contributed by atoms with van der Waals surface area (Å²) in [5, 5.41) is 3.84. The van der Waals surface area contributed by atoms with Crippen molar-refractivity contribution < 1.29 is 18.5 Å². The minimum Gasteiger partial charge on any atom is -0.461 e. The Hall–Kier alpha value is -1.95. The van der Waals surface area contributed by atoms with E-state index in [9.17, 15) is 4.79 Å². The van der Waals surface area contributed by atoms with E-state index in [0.29, 0.717) is 37.1 Å². The summed E-state index contributed by atoms with van der Waals surface area (Å²) in [6.45, 7) is 2.66. The number of rotatable bonds is 2. The number of hydrogen-bond donors (Lipinski definition) is 0. The Bertz CT molecular complexity index is 572. The second-order valence-electron chi connectivity index (χ2n) is 4.23. The highest BCUT2D eigenvalue weighted by Gasteiger charge is 2.30. The van der Waals surface area contributed by atoms with Gasteiger partial charge in [0.1, 0.15) is 11.7 Å². The van der Waals surface area contributed by atoms with Crippen molar-refractivity contribution in [1.82, 2.24) is 10.1 Å². The summed E-state index contributed by atoms with van der Waals surface area (Å²) in [6, 6.07) is 1.82. The molecule has 1 aliphatic rings. The molecule has 1 unspecified atom stereocenters. The van der Waals surface area contributed by atoms with Gasteiger partial charge in [0, 0.05) is 6.42 Å². The Balaban J connectivity index is 1.89. The van der Waals surface area contributed by atoms with Crippen LogP contribution in [0.15, 0.2) is 21.3 Å². The maximum Gasteiger partial charge on any atom is 0.240 e. The summed E-state index contributed by atoms with van der Waals surface area (Å²) in [4.78, 5) is 15.9. The molecule has 1 aliphatic heterocycles. The molecule has 2 aromatic heterocycles. The summed E-state index contributed by atoms with van der Waals surface area (Å²) >= 11 is 0. The molecular formula is C12H12N2O4. The largest absolute Gasteiger partial charge is 0.461 e. The summed E-state index contributed by atoms with van der Waals surface area (Å²) in [6.07, 6.45) is 1.96. The topological polar surface area (TPSA) is 78.4 Å². The quantitative estimate of drug-likeness (QED) is 0.805. The molecule has 3 heterocycles. The number of carbonyl (C=O) groups is 1. The summed E-state index contributed by atoms with van der Waals surface area (Å²) < 4.78 is 15.7. The Morgan fingerprint density at radius 2 is 2.33 bits per heavy atom. The Kier molecular flexibility index (Phi) is 2.71. The lowest BCUT2D eigenvalue weighted by atomic mass is 10.0. The van der Waals surface area contributed by atoms with E-state index in [0.717, 1.165) is 5.56 Å². The predicted octanol–water partition coefficient (Wildman–Crippen LogP) is 1.71. The number of hydrogen-bond acceptors (Lipinski definition) is 6. The van der Waals surface area contributed by atoms with Gasteiger partial charge in [-0.2, -0.15) is 4.98 Å². The standard InChI is InChI=1S/C12H12N2O4/c1-7-2-5-17-10(7)11-13-12(18-14-11)8-6-16-4-3-9(8)15/h2,5,8H,3-4,6H2,1H3. The highest BCUT2D eigenvalue weighted by molar-refractivity contribution is 5.85. The van der Waals surface area contributed by atoms with E-state index in [-0.39, 0.29) is 5.78 Å². The average Bonchev–Trinajstić information content (AvgIpc) is 2.98. The van der Waals surface area contributed by atoms with Crippen LogP contribution in [0.2, 0.25) is 0 Å². The van der Waals surface area contributed by atoms with Crippen LogP contribution in [0, 0.1) is 6.92 Å². The Labute approximate surface area is 103 Å². The van der Waals surface area contributed by atoms with Crippen LogP contribution in [0.3, 0.4) is 0 Å². The van der Waals surface area contributed by atoms with Crippen molar-refractivity contribution in [1.29, 1.82) is 0 Å². The average molecular weight is 248 g/mol. The number of aromatic nitrogens is 2. The molecule has 6 heteroatoms. The van der Waals surface area contributed by atoms with Crippen molar-refractivity contribution in [2.75, 3.05) is 13.2 Å². The van der Waals surface area contributed by atoms with Gasteiger partial charge in [0.2, 0.25) is 11.7 Å². The van der Waals surface area contributed by atoms with E-state index in [2.05, 4.69) is 10.1 Å². The van der Waals surface area contributed by atoms with Gasteiger partial charge in [-0.25, -0.2) is 0 Å². The van der Waals surface area contributed by atoms with Gasteiger partial charge in [0.25, 0.3) is 0 Å². The van der Waals surface area contributed by atoms with Gasteiger partial charge in [0.05, 0.1) is 19.5 Å². The zero-order chi connectivity index (χ0) is 12.5. The molecular weight excluding hydrogens is 236 g/mol. The molecule has 94 valence electrons. The fourth-order valence-electron chi connectivity index (χ4n) is 1.92. The van der Waals surface area contributed by atoms with E-state index in [1.807, 2.05) is 13.0 Å². The second kappa shape index (κ2) is 4.38. The van der Waals surface area contributed by atoms with E-state index < -0.39 is 5.92 Å². The van der Waals surface area contributed by atoms with Crippen molar-refractivity contribution in [3.63, 3.8) is 0 Å². The van der Waals surface area contributed by atoms with Crippen LogP contribution in [0.5, 0.6) is 0 Å². The van der Waals surface area contributed by atoms with E-state index in [4.69, 9.17) is 13.7 Å². The molecule has 1 saturated heterocycles. The molecule has 0 spiro atoms. The number of aryl methyl sites for hydroxylation is 1. The van der Waals surface area contributed by atoms with Crippen LogP contribution < -0.4 is 0 Å². The lowest BCUT2D eigenvalue weighted by Gasteiger charge is -2.16. The van der Waals surface area contributed by atoms with E-state index >= 15 is 0 Å². The molecule has 0 aliphatic carbocycles. The minimum atomic E-state index is -0.449. The number of ketones is 1. The highest BCUT2D eigenvalue weighted by Crippen LogP contribution is 2.25. The van der Waals surface area contributed by atoms with Crippen LogP contribution in [0.25, 0.3) is 11.6 Å². The molecule has 1 atom stereocenters. The van der Waals surface area contributed by atoms with Crippen LogP contribution in [-0.2, 0) is 9.53 Å². The van der Waals surface area contributed by atoms with Gasteiger partial charge in [-0.15, -0.1) is 0 Å². The monoisotopic (exact) mass is 248 g/mol. The SMILES string of the molecule is Cc1ccoc1-c1noc(C2COCCC2=O)n1. The number of ether oxygens (including phenoxy) is 1. The molecule has 3 rings (SSSR count). The van der Waals surface area contributed by atoms with Crippen molar-refractivity contribution >= 4 is 5.78 Å². The predicted molar refractivity (Wildman–Crippen MR) is 59.9 cm³/mol. The van der Waals surface area contributed by atoms with E-state index in [1.165, 1.54) is 0 Å². The molecule has 6 nitrogen and oxygen atoms in total. The van der Waals surface area contributed by atoms with Gasteiger partial charge >= 0.3 is 0 Å². The number of nitrogens with zero attached hydrogens (tertiary/aromatic N) is 2. The third-order valence-electron chi connectivity index (χ3n) is 2.97. The molecule has 2 aromatic rings. The van der Waals surface area contributed by atoms with Crippen LogP contribution in [-0.4, -0.2) is 29.1 Å². The molecule has 18 heavy (non-hydrogen) atoms. The summed E-state index contributed by atoms with van der Waals surface area (Å²) in [5.74, 6) is 0.855. The van der Waals surface area contributed by atoms with E-state index in [1.54, 1.807) is 6.26 Å². The molecule has 0 N–H and O–H groups in total. The Morgan fingerprint density at radius 3 is 3.06 bits per heavy atom. The first-order chi connectivity index (χ1) is 8.75. The van der Waals surface area contributed by atoms with Crippen molar-refractivity contribution in [2.24, 2.45) is 0 Å². The summed E-state index contributed by atoms with van der Waals surface area (Å²) in [5.41, 5.74) is 0.925. The van der Waals surface area contributed by atoms with Gasteiger partial charge in [-0.1, -0.05) is 5.16 Å². The number of furan rings is 1. The maximum absolute atomic E-state index is 11.7. The van der Waals surface area contributed by atoms with Gasteiger partial charge in [-0.3, -0.25) is 4.79 Å². The van der Waals surface area contributed by atoms with Crippen molar-refractivity contribution in [3.8, 4) is 11.6 Å². The van der Waals surface area contributed by atoms with Gasteiger partial charge < -0.3 is 13.7 Å². The molecule has 0 radical (unpaired) electrons. The second-order valence-corrected chi connectivity index (χ2v) is 4.23. The van der Waals surface area contributed by atoms with Crippen LogP contribution in [0.4, 0.5) is 0 Å². The third kappa shape index (κ3) is 1.84. The molecule has 0 saturated carbocycles. The highest BCUT2D eigenvalue weighted by atomic mass is 16.5. The van der Waals surface area contributed by atoms with Crippen LogP contribution >= 0.6 is 0 Å². The molecule has 0 bridgehead atoms. The lowest BCUT2D eigenvalue weighted by molar-refractivity contribution is -0.127. The Morgan fingerprint density at radius 1 is 1.44 bits per heavy atom. The third-order valence-corrected chi connectivity index (χ3v) is 2.97. The fourth-order valence-corrected chi connectivity index (χ4v) is 1.92. The molecule has 0 aromatic carbocycles. The number of carbonyl (C=O) groups excluding carboxylic acids is 1. The molecule has 0 amide bonds. The first kappa shape index (κ1) is 11.2. The zero-order valence-corrected chi connectivity index (χ0v) is 9.88. The smallest absolute Gasteiger partial charge is 0.240 e. The maximum atomic E-state index is 11.7. The lowest BCUT2D eigenvalue weighted by Crippen LogP contribution is -2.25. The number of Topliss-reactive ketones (excluding diaryl/α,β-unsaturated/α-hetero) is 1. The zero-order valence-electron chi connectivity index (χ0n) is 9.88. The normalized spacial score (nSPS) is 20.3. The molecule has 1 fully saturated rings. The minimum absolute atomic E-state index is 0.0765. The fraction of sp³-hybridized carbons (Fsp3) is 0.417. The van der Waals surface area contributed by atoms with Crippen molar-refractivity contribution in [3.05, 3.63) is 23.8 Å². The van der Waals surface area contributed by atoms with Gasteiger partial charge in [-0.05, 0) is 18.6 Å². The first-order valence-corrected chi connectivity index (χ1v) is 5.74.